The van der Waals surface area contributed by atoms with E-state index >= 15 is 0 Å². The van der Waals surface area contributed by atoms with Gasteiger partial charge in [0.05, 0.1) is 0 Å². The average molecular weight is 227 g/mol. The lowest BCUT2D eigenvalue weighted by Crippen LogP contribution is -2.56. The molecule has 0 atom stereocenters. The zero-order valence-electron chi connectivity index (χ0n) is 11.7. The summed E-state index contributed by atoms with van der Waals surface area (Å²) >= 11 is 0. The van der Waals surface area contributed by atoms with Gasteiger partial charge in [-0.3, -0.25) is 14.5 Å². The maximum atomic E-state index is 11.9. The summed E-state index contributed by atoms with van der Waals surface area (Å²) in [4.78, 5) is 25.1. The summed E-state index contributed by atoms with van der Waals surface area (Å²) in [7, 11) is 0. The van der Waals surface area contributed by atoms with Gasteiger partial charge in [-0.25, -0.2) is 0 Å². The van der Waals surface area contributed by atoms with Crippen molar-refractivity contribution in [2.75, 3.05) is 6.54 Å². The first-order chi connectivity index (χ1) is 7.22. The normalized spacial score (nSPS) is 22.6. The highest BCUT2D eigenvalue weighted by Crippen LogP contribution is 2.41. The Bertz CT molecular complexity index is 254. The Balaban J connectivity index is 0.00000106. The molecule has 3 heteroatoms. The molecule has 0 radical (unpaired) electrons. The van der Waals surface area contributed by atoms with Crippen LogP contribution < -0.4 is 0 Å². The summed E-state index contributed by atoms with van der Waals surface area (Å²) < 4.78 is 0. The summed E-state index contributed by atoms with van der Waals surface area (Å²) in [5.41, 5.74) is -0.819. The Labute approximate surface area is 99.2 Å². The van der Waals surface area contributed by atoms with Gasteiger partial charge in [-0.1, -0.05) is 41.5 Å². The van der Waals surface area contributed by atoms with Crippen molar-refractivity contribution in [1.82, 2.24) is 4.90 Å². The van der Waals surface area contributed by atoms with E-state index in [9.17, 15) is 9.59 Å². The van der Waals surface area contributed by atoms with E-state index in [0.29, 0.717) is 13.0 Å². The number of carbonyl (C=O) groups excluding carboxylic acids is 2. The van der Waals surface area contributed by atoms with Crippen molar-refractivity contribution in [3.63, 3.8) is 0 Å². The Morgan fingerprint density at radius 2 is 1.31 bits per heavy atom. The topological polar surface area (TPSA) is 37.4 Å². The van der Waals surface area contributed by atoms with Gasteiger partial charge in [-0.15, -0.1) is 0 Å². The maximum absolute atomic E-state index is 11.9. The first-order valence-corrected chi connectivity index (χ1v) is 6.09. The number of amides is 2. The van der Waals surface area contributed by atoms with Gasteiger partial charge >= 0.3 is 0 Å². The Morgan fingerprint density at radius 1 is 1.00 bits per heavy atom. The monoisotopic (exact) mass is 227 g/mol. The van der Waals surface area contributed by atoms with Crippen LogP contribution in [0.4, 0.5) is 0 Å². The van der Waals surface area contributed by atoms with Gasteiger partial charge in [0.15, 0.2) is 0 Å². The number of rotatable bonds is 1. The molecule has 0 aliphatic carbocycles. The molecule has 1 aliphatic heterocycles. The van der Waals surface area contributed by atoms with Crippen LogP contribution >= 0.6 is 0 Å². The molecule has 1 fully saturated rings. The number of piperidine rings is 1. The lowest BCUT2D eigenvalue weighted by atomic mass is 9.70. The second kappa shape index (κ2) is 4.98. The molecule has 1 heterocycles. The van der Waals surface area contributed by atoms with Crippen LogP contribution in [0.1, 0.15) is 54.9 Å². The maximum Gasteiger partial charge on any atom is 0.234 e. The summed E-state index contributed by atoms with van der Waals surface area (Å²) in [6.07, 6.45) is 0.633. The van der Waals surface area contributed by atoms with Gasteiger partial charge in [0.25, 0.3) is 0 Å². The summed E-state index contributed by atoms with van der Waals surface area (Å²) in [6.45, 7) is 14.0. The van der Waals surface area contributed by atoms with Crippen LogP contribution in [0.5, 0.6) is 0 Å². The molecule has 1 aliphatic rings. The van der Waals surface area contributed by atoms with Crippen molar-refractivity contribution in [3.8, 4) is 0 Å². The van der Waals surface area contributed by atoms with E-state index in [1.807, 2.05) is 48.5 Å². The van der Waals surface area contributed by atoms with Gasteiger partial charge in [-0.05, 0) is 13.3 Å². The van der Waals surface area contributed by atoms with Crippen LogP contribution in [0.2, 0.25) is 0 Å². The first-order valence-electron chi connectivity index (χ1n) is 6.09. The molecule has 1 rings (SSSR count). The van der Waals surface area contributed by atoms with E-state index < -0.39 is 10.8 Å². The van der Waals surface area contributed by atoms with Gasteiger partial charge in [0.2, 0.25) is 11.8 Å². The fourth-order valence-electron chi connectivity index (χ4n) is 2.37. The number of likely N-dealkylation sites (tertiary alicyclic amines) is 1. The molecule has 0 spiro atoms. The second-order valence-electron chi connectivity index (χ2n) is 5.30. The standard InChI is InChI=1S/C11H19NO2.C2H6/c1-6-12-8(13)10(2,3)7-11(4,5)9(12)14;1-2/h6-7H2,1-5H3;1-2H3. The third-order valence-electron chi connectivity index (χ3n) is 2.85. The van der Waals surface area contributed by atoms with Crippen molar-refractivity contribution in [2.24, 2.45) is 10.8 Å². The van der Waals surface area contributed by atoms with Crippen LogP contribution in [0.15, 0.2) is 0 Å². The van der Waals surface area contributed by atoms with Crippen molar-refractivity contribution >= 4 is 11.8 Å². The molecule has 0 aromatic heterocycles. The smallest absolute Gasteiger partial charge is 0.234 e. The third kappa shape index (κ3) is 2.63. The fraction of sp³-hybridized carbons (Fsp3) is 0.846. The number of hydrogen-bond acceptors (Lipinski definition) is 2. The zero-order chi connectivity index (χ0) is 13.1. The molecular weight excluding hydrogens is 202 g/mol. The van der Waals surface area contributed by atoms with Gasteiger partial charge in [0.1, 0.15) is 0 Å². The fourth-order valence-corrected chi connectivity index (χ4v) is 2.37. The van der Waals surface area contributed by atoms with E-state index in [1.54, 1.807) is 0 Å². The highest BCUT2D eigenvalue weighted by molar-refractivity contribution is 6.02. The summed E-state index contributed by atoms with van der Waals surface area (Å²) in [5, 5.41) is 0. The predicted molar refractivity (Wildman–Crippen MR) is 65.9 cm³/mol. The predicted octanol–water partition coefficient (Wildman–Crippen LogP) is 2.84. The average Bonchev–Trinajstić information content (AvgIpc) is 2.18. The van der Waals surface area contributed by atoms with E-state index in [2.05, 4.69) is 0 Å². The van der Waals surface area contributed by atoms with Gasteiger partial charge in [0, 0.05) is 17.4 Å². The quantitative estimate of drug-likeness (QED) is 0.646. The molecule has 16 heavy (non-hydrogen) atoms. The van der Waals surface area contributed by atoms with Crippen LogP contribution in [0, 0.1) is 10.8 Å². The van der Waals surface area contributed by atoms with E-state index in [0.717, 1.165) is 0 Å². The van der Waals surface area contributed by atoms with Crippen LogP contribution in [0.3, 0.4) is 0 Å². The molecule has 0 N–H and O–H groups in total. The van der Waals surface area contributed by atoms with E-state index in [-0.39, 0.29) is 11.8 Å². The lowest BCUT2D eigenvalue weighted by molar-refractivity contribution is -0.164. The molecule has 0 unspecified atom stereocenters. The number of hydrogen-bond donors (Lipinski definition) is 0. The molecule has 1 saturated heterocycles. The minimum Gasteiger partial charge on any atom is -0.282 e. The molecule has 2 amide bonds. The van der Waals surface area contributed by atoms with E-state index in [1.165, 1.54) is 4.90 Å². The van der Waals surface area contributed by atoms with Gasteiger partial charge in [-0.2, -0.15) is 0 Å². The number of imide groups is 1. The molecule has 0 saturated carbocycles. The third-order valence-corrected chi connectivity index (χ3v) is 2.85. The highest BCUT2D eigenvalue weighted by Gasteiger charge is 2.49. The summed E-state index contributed by atoms with van der Waals surface area (Å²) in [6, 6.07) is 0. The number of nitrogens with zero attached hydrogens (tertiary/aromatic N) is 1. The Kier molecular flexibility index (Phi) is 4.71. The van der Waals surface area contributed by atoms with Crippen LogP contribution in [-0.2, 0) is 9.59 Å². The molecule has 0 aromatic carbocycles. The van der Waals surface area contributed by atoms with E-state index in [4.69, 9.17) is 0 Å². The van der Waals surface area contributed by atoms with Crippen molar-refractivity contribution in [2.45, 2.75) is 54.9 Å². The van der Waals surface area contributed by atoms with Crippen molar-refractivity contribution in [3.05, 3.63) is 0 Å². The molecular formula is C13H25NO2. The van der Waals surface area contributed by atoms with Crippen molar-refractivity contribution < 1.29 is 9.59 Å². The molecule has 0 bridgehead atoms. The molecule has 3 nitrogen and oxygen atoms in total. The molecule has 0 aromatic rings. The van der Waals surface area contributed by atoms with Crippen LogP contribution in [-0.4, -0.2) is 23.3 Å². The molecule has 94 valence electrons. The number of carbonyl (C=O) groups is 2. The van der Waals surface area contributed by atoms with Crippen molar-refractivity contribution in [1.29, 1.82) is 0 Å². The Morgan fingerprint density at radius 3 is 1.56 bits per heavy atom. The SMILES string of the molecule is CC.CCN1C(=O)C(C)(C)CC(C)(C)C1=O. The Hall–Kier alpha value is -0.860. The highest BCUT2D eigenvalue weighted by atomic mass is 16.2. The van der Waals surface area contributed by atoms with Gasteiger partial charge < -0.3 is 0 Å². The first kappa shape index (κ1) is 15.1. The second-order valence-corrected chi connectivity index (χ2v) is 5.30. The zero-order valence-corrected chi connectivity index (χ0v) is 11.7. The largest absolute Gasteiger partial charge is 0.282 e. The van der Waals surface area contributed by atoms with Crippen LogP contribution in [0.25, 0.3) is 0 Å². The minimum absolute atomic E-state index is 0.0377. The lowest BCUT2D eigenvalue weighted by Gasteiger charge is -2.43. The minimum atomic E-state index is -0.409. The summed E-state index contributed by atoms with van der Waals surface area (Å²) in [5.74, 6) is -0.0753.